The molecule has 24 heavy (non-hydrogen) atoms. The summed E-state index contributed by atoms with van der Waals surface area (Å²) in [5, 5.41) is 8.25. The number of para-hydroxylation sites is 1. The van der Waals surface area contributed by atoms with Crippen LogP contribution in [0.3, 0.4) is 0 Å². The Morgan fingerprint density at radius 1 is 1.21 bits per heavy atom. The SMILES string of the molecule is COc1cc2c(cc1NC(=O)C(C)NC1CC1)oc1ccccc12. The van der Waals surface area contributed by atoms with E-state index in [2.05, 4.69) is 10.6 Å². The fourth-order valence-corrected chi connectivity index (χ4v) is 2.94. The molecule has 5 nitrogen and oxygen atoms in total. The molecule has 1 fully saturated rings. The number of anilines is 1. The monoisotopic (exact) mass is 324 g/mol. The number of amides is 1. The highest BCUT2D eigenvalue weighted by Gasteiger charge is 2.26. The number of rotatable bonds is 5. The average molecular weight is 324 g/mol. The van der Waals surface area contributed by atoms with Gasteiger partial charge in [-0.2, -0.15) is 0 Å². The Labute approximate surface area is 140 Å². The van der Waals surface area contributed by atoms with Crippen molar-refractivity contribution in [2.24, 2.45) is 0 Å². The highest BCUT2D eigenvalue weighted by molar-refractivity contribution is 6.08. The third kappa shape index (κ3) is 2.71. The molecule has 5 heteroatoms. The minimum Gasteiger partial charge on any atom is -0.495 e. The Bertz CT molecular complexity index is 912. The van der Waals surface area contributed by atoms with Crippen molar-refractivity contribution in [3.63, 3.8) is 0 Å². The number of carbonyl (C=O) groups excluding carboxylic acids is 1. The van der Waals surface area contributed by atoms with Crippen LogP contribution in [0, 0.1) is 0 Å². The van der Waals surface area contributed by atoms with E-state index in [1.165, 1.54) is 0 Å². The van der Waals surface area contributed by atoms with Gasteiger partial charge >= 0.3 is 0 Å². The molecule has 1 atom stereocenters. The maximum absolute atomic E-state index is 12.4. The molecule has 3 aromatic rings. The van der Waals surface area contributed by atoms with Crippen LogP contribution in [0.1, 0.15) is 19.8 Å². The van der Waals surface area contributed by atoms with Crippen LogP contribution >= 0.6 is 0 Å². The van der Waals surface area contributed by atoms with Gasteiger partial charge in [0.05, 0.1) is 18.8 Å². The summed E-state index contributed by atoms with van der Waals surface area (Å²) in [6.45, 7) is 1.87. The second-order valence-corrected chi connectivity index (χ2v) is 6.30. The molecule has 0 saturated heterocycles. The van der Waals surface area contributed by atoms with Crippen molar-refractivity contribution in [2.45, 2.75) is 31.8 Å². The molecule has 1 unspecified atom stereocenters. The highest BCUT2D eigenvalue weighted by atomic mass is 16.5. The smallest absolute Gasteiger partial charge is 0.241 e. The summed E-state index contributed by atoms with van der Waals surface area (Å²) in [5.41, 5.74) is 2.18. The molecule has 1 aliphatic rings. The van der Waals surface area contributed by atoms with Crippen molar-refractivity contribution in [3.05, 3.63) is 36.4 Å². The van der Waals surface area contributed by atoms with Gasteiger partial charge < -0.3 is 19.8 Å². The van der Waals surface area contributed by atoms with Crippen molar-refractivity contribution < 1.29 is 13.9 Å². The summed E-state index contributed by atoms with van der Waals surface area (Å²) >= 11 is 0. The van der Waals surface area contributed by atoms with Gasteiger partial charge in [0.15, 0.2) is 0 Å². The summed E-state index contributed by atoms with van der Waals surface area (Å²) in [7, 11) is 1.60. The van der Waals surface area contributed by atoms with Crippen LogP contribution < -0.4 is 15.4 Å². The van der Waals surface area contributed by atoms with Gasteiger partial charge in [-0.15, -0.1) is 0 Å². The second-order valence-electron chi connectivity index (χ2n) is 6.30. The van der Waals surface area contributed by atoms with E-state index < -0.39 is 0 Å². The molecule has 1 aliphatic carbocycles. The zero-order valence-corrected chi connectivity index (χ0v) is 13.8. The molecule has 1 aromatic heterocycles. The summed E-state index contributed by atoms with van der Waals surface area (Å²) < 4.78 is 11.4. The maximum Gasteiger partial charge on any atom is 0.241 e. The first-order valence-corrected chi connectivity index (χ1v) is 8.22. The lowest BCUT2D eigenvalue weighted by Crippen LogP contribution is -2.39. The minimum atomic E-state index is -0.242. The number of carbonyl (C=O) groups is 1. The number of fused-ring (bicyclic) bond motifs is 3. The summed E-state index contributed by atoms with van der Waals surface area (Å²) in [6, 6.07) is 11.8. The molecule has 124 valence electrons. The van der Waals surface area contributed by atoms with E-state index in [1.807, 2.05) is 43.3 Å². The molecular formula is C19H20N2O3. The van der Waals surface area contributed by atoms with Crippen molar-refractivity contribution in [1.82, 2.24) is 5.32 Å². The standard InChI is InChI=1S/C19H20N2O3/c1-11(20-12-7-8-12)19(22)21-15-10-17-14(9-18(15)23-2)13-5-3-4-6-16(13)24-17/h3-6,9-12,20H,7-8H2,1-2H3,(H,21,22). The van der Waals surface area contributed by atoms with E-state index in [1.54, 1.807) is 7.11 Å². The van der Waals surface area contributed by atoms with Crippen LogP contribution in [-0.4, -0.2) is 25.1 Å². The number of hydrogen-bond acceptors (Lipinski definition) is 4. The normalized spacial score (nSPS) is 15.6. The highest BCUT2D eigenvalue weighted by Crippen LogP contribution is 2.36. The molecule has 2 N–H and O–H groups in total. The van der Waals surface area contributed by atoms with Gasteiger partial charge in [0, 0.05) is 22.9 Å². The molecule has 1 heterocycles. The average Bonchev–Trinajstić information content (AvgIpc) is 3.33. The van der Waals surface area contributed by atoms with E-state index in [4.69, 9.17) is 9.15 Å². The second kappa shape index (κ2) is 5.83. The number of methoxy groups -OCH3 is 1. The van der Waals surface area contributed by atoms with Gasteiger partial charge in [-0.05, 0) is 31.9 Å². The number of benzene rings is 2. The predicted molar refractivity (Wildman–Crippen MR) is 94.5 cm³/mol. The Kier molecular flexibility index (Phi) is 3.65. The van der Waals surface area contributed by atoms with Gasteiger partial charge in [0.25, 0.3) is 0 Å². The molecule has 0 spiro atoms. The lowest BCUT2D eigenvalue weighted by molar-refractivity contribution is -0.117. The van der Waals surface area contributed by atoms with E-state index in [0.29, 0.717) is 17.5 Å². The number of hydrogen-bond donors (Lipinski definition) is 2. The van der Waals surface area contributed by atoms with E-state index in [-0.39, 0.29) is 11.9 Å². The lowest BCUT2D eigenvalue weighted by Gasteiger charge is -2.15. The van der Waals surface area contributed by atoms with E-state index in [9.17, 15) is 4.79 Å². The first kappa shape index (κ1) is 15.0. The van der Waals surface area contributed by atoms with Crippen LogP contribution in [0.5, 0.6) is 5.75 Å². The largest absolute Gasteiger partial charge is 0.495 e. The molecule has 0 aliphatic heterocycles. The number of furan rings is 1. The predicted octanol–water partition coefficient (Wildman–Crippen LogP) is 3.67. The van der Waals surface area contributed by atoms with Crippen molar-refractivity contribution in [1.29, 1.82) is 0 Å². The summed E-state index contributed by atoms with van der Waals surface area (Å²) in [5.74, 6) is 0.552. The quantitative estimate of drug-likeness (QED) is 0.751. The lowest BCUT2D eigenvalue weighted by atomic mass is 10.1. The molecule has 0 bridgehead atoms. The van der Waals surface area contributed by atoms with Crippen molar-refractivity contribution in [2.75, 3.05) is 12.4 Å². The van der Waals surface area contributed by atoms with Crippen molar-refractivity contribution >= 4 is 33.5 Å². The Morgan fingerprint density at radius 3 is 2.75 bits per heavy atom. The number of ether oxygens (including phenoxy) is 1. The van der Waals surface area contributed by atoms with Gasteiger partial charge in [0.2, 0.25) is 5.91 Å². The van der Waals surface area contributed by atoms with Gasteiger partial charge in [-0.1, -0.05) is 18.2 Å². The molecular weight excluding hydrogens is 304 g/mol. The zero-order chi connectivity index (χ0) is 16.7. The van der Waals surface area contributed by atoms with Crippen LogP contribution in [0.25, 0.3) is 21.9 Å². The molecule has 1 amide bonds. The zero-order valence-electron chi connectivity index (χ0n) is 13.8. The number of nitrogens with one attached hydrogen (secondary N) is 2. The third-order valence-electron chi connectivity index (χ3n) is 4.41. The molecule has 1 saturated carbocycles. The Morgan fingerprint density at radius 2 is 2.00 bits per heavy atom. The Hall–Kier alpha value is -2.53. The van der Waals surface area contributed by atoms with Gasteiger partial charge in [-0.25, -0.2) is 0 Å². The van der Waals surface area contributed by atoms with Gasteiger partial charge in [0.1, 0.15) is 16.9 Å². The third-order valence-corrected chi connectivity index (χ3v) is 4.41. The summed E-state index contributed by atoms with van der Waals surface area (Å²) in [6.07, 6.45) is 2.29. The minimum absolute atomic E-state index is 0.0735. The molecule has 0 radical (unpaired) electrons. The Balaban J connectivity index is 1.68. The first-order chi connectivity index (χ1) is 11.7. The van der Waals surface area contributed by atoms with Crippen LogP contribution in [0.15, 0.2) is 40.8 Å². The van der Waals surface area contributed by atoms with Gasteiger partial charge in [-0.3, -0.25) is 4.79 Å². The van der Waals surface area contributed by atoms with Crippen molar-refractivity contribution in [3.8, 4) is 5.75 Å². The fourth-order valence-electron chi connectivity index (χ4n) is 2.94. The van der Waals surface area contributed by atoms with Crippen LogP contribution in [0.4, 0.5) is 5.69 Å². The summed E-state index contributed by atoms with van der Waals surface area (Å²) in [4.78, 5) is 12.4. The van der Waals surface area contributed by atoms with Crippen LogP contribution in [-0.2, 0) is 4.79 Å². The fraction of sp³-hybridized carbons (Fsp3) is 0.316. The molecule has 4 rings (SSSR count). The van der Waals surface area contributed by atoms with E-state index in [0.717, 1.165) is 34.8 Å². The maximum atomic E-state index is 12.4. The van der Waals surface area contributed by atoms with Crippen LogP contribution in [0.2, 0.25) is 0 Å². The topological polar surface area (TPSA) is 63.5 Å². The first-order valence-electron chi connectivity index (χ1n) is 8.22. The molecule has 2 aromatic carbocycles. The van der Waals surface area contributed by atoms with E-state index >= 15 is 0 Å².